The lowest BCUT2D eigenvalue weighted by molar-refractivity contribution is -0.384. The number of nitrogens with one attached hydrogen (secondary N) is 1. The van der Waals surface area contributed by atoms with E-state index in [1.165, 1.54) is 24.3 Å². The Morgan fingerprint density at radius 3 is 2.17 bits per heavy atom. The van der Waals surface area contributed by atoms with E-state index in [9.17, 15) is 19.7 Å². The number of carboxylic acid groups (broad SMARTS) is 2. The van der Waals surface area contributed by atoms with Gasteiger partial charge in [0, 0.05) is 17.8 Å². The molecule has 0 aliphatic rings. The zero-order chi connectivity index (χ0) is 13.7. The van der Waals surface area contributed by atoms with Gasteiger partial charge in [0.25, 0.3) is 5.69 Å². The molecule has 0 aliphatic heterocycles. The van der Waals surface area contributed by atoms with Gasteiger partial charge in [-0.3, -0.25) is 10.1 Å². The second-order valence-corrected chi connectivity index (χ2v) is 3.13. The lowest BCUT2D eigenvalue weighted by atomic mass is 10.2. The van der Waals surface area contributed by atoms with Crippen LogP contribution in [0.25, 0.3) is 0 Å². The van der Waals surface area contributed by atoms with Crippen LogP contribution >= 0.6 is 0 Å². The van der Waals surface area contributed by atoms with Gasteiger partial charge in [0.1, 0.15) is 5.70 Å². The Morgan fingerprint density at radius 1 is 1.22 bits per heavy atom. The maximum atomic E-state index is 10.7. The molecule has 0 saturated carbocycles. The highest BCUT2D eigenvalue weighted by Gasteiger charge is 2.10. The number of nitrogens with zero attached hydrogens (tertiary/aromatic N) is 1. The monoisotopic (exact) mass is 252 g/mol. The molecular formula is C10H8N2O6. The molecule has 0 fully saturated rings. The van der Waals surface area contributed by atoms with Gasteiger partial charge in [0.05, 0.1) is 11.0 Å². The smallest absolute Gasteiger partial charge is 0.352 e. The van der Waals surface area contributed by atoms with Gasteiger partial charge in [-0.25, -0.2) is 9.59 Å². The standard InChI is InChI=1S/C10H8N2O6/c13-9(14)5-8(10(15)16)11-6-1-3-7(4-2-6)12(17)18/h1-5,11H,(H,13,14)(H,15,16). The van der Waals surface area contributed by atoms with Crippen LogP contribution in [0.4, 0.5) is 11.4 Å². The van der Waals surface area contributed by atoms with E-state index in [2.05, 4.69) is 5.32 Å². The van der Waals surface area contributed by atoms with Gasteiger partial charge in [-0.15, -0.1) is 0 Å². The van der Waals surface area contributed by atoms with E-state index in [1.807, 2.05) is 0 Å². The third kappa shape index (κ3) is 3.59. The van der Waals surface area contributed by atoms with Crippen LogP contribution in [0.15, 0.2) is 36.0 Å². The Morgan fingerprint density at radius 2 is 1.78 bits per heavy atom. The summed E-state index contributed by atoms with van der Waals surface area (Å²) in [6, 6.07) is 4.89. The fourth-order valence-corrected chi connectivity index (χ4v) is 1.10. The number of carbonyl (C=O) groups is 2. The molecule has 8 heteroatoms. The van der Waals surface area contributed by atoms with Crippen LogP contribution in [0.2, 0.25) is 0 Å². The van der Waals surface area contributed by atoms with Crippen molar-refractivity contribution < 1.29 is 24.7 Å². The fraction of sp³-hybridized carbons (Fsp3) is 0. The van der Waals surface area contributed by atoms with Crippen molar-refractivity contribution in [1.29, 1.82) is 0 Å². The number of carboxylic acids is 2. The Hall–Kier alpha value is -2.90. The van der Waals surface area contributed by atoms with Gasteiger partial charge in [0.15, 0.2) is 0 Å². The molecule has 0 atom stereocenters. The molecule has 1 aromatic rings. The largest absolute Gasteiger partial charge is 0.478 e. The summed E-state index contributed by atoms with van der Waals surface area (Å²) >= 11 is 0. The minimum atomic E-state index is -1.45. The summed E-state index contributed by atoms with van der Waals surface area (Å²) in [6.07, 6.45) is 0.490. The van der Waals surface area contributed by atoms with E-state index in [0.717, 1.165) is 0 Å². The third-order valence-corrected chi connectivity index (χ3v) is 1.86. The van der Waals surface area contributed by atoms with Crippen molar-refractivity contribution in [3.8, 4) is 0 Å². The molecule has 0 spiro atoms. The van der Waals surface area contributed by atoms with E-state index in [4.69, 9.17) is 10.2 Å². The fourth-order valence-electron chi connectivity index (χ4n) is 1.10. The molecule has 0 bridgehead atoms. The van der Waals surface area contributed by atoms with Crippen LogP contribution in [0.1, 0.15) is 0 Å². The van der Waals surface area contributed by atoms with E-state index < -0.39 is 22.6 Å². The van der Waals surface area contributed by atoms with Crippen molar-refractivity contribution in [1.82, 2.24) is 0 Å². The first-order valence-corrected chi connectivity index (χ1v) is 4.59. The zero-order valence-electron chi connectivity index (χ0n) is 8.86. The molecular weight excluding hydrogens is 244 g/mol. The first kappa shape index (κ1) is 13.2. The Kier molecular flexibility index (Phi) is 3.98. The van der Waals surface area contributed by atoms with Gasteiger partial charge in [-0.2, -0.15) is 0 Å². The molecule has 0 saturated heterocycles. The summed E-state index contributed by atoms with van der Waals surface area (Å²) in [5.74, 6) is -2.86. The topological polar surface area (TPSA) is 130 Å². The number of anilines is 1. The van der Waals surface area contributed by atoms with Crippen LogP contribution < -0.4 is 5.32 Å². The molecule has 0 unspecified atom stereocenters. The molecule has 0 amide bonds. The third-order valence-electron chi connectivity index (χ3n) is 1.86. The number of aliphatic carboxylic acids is 2. The highest BCUT2D eigenvalue weighted by atomic mass is 16.6. The minimum absolute atomic E-state index is 0.153. The van der Waals surface area contributed by atoms with Crippen molar-refractivity contribution in [3.05, 3.63) is 46.2 Å². The normalized spacial score (nSPS) is 10.8. The van der Waals surface area contributed by atoms with Gasteiger partial charge in [-0.05, 0) is 12.1 Å². The predicted octanol–water partition coefficient (Wildman–Crippen LogP) is 1.06. The minimum Gasteiger partial charge on any atom is -0.478 e. The van der Waals surface area contributed by atoms with Crippen molar-refractivity contribution in [2.75, 3.05) is 5.32 Å². The van der Waals surface area contributed by atoms with Crippen molar-refractivity contribution in [2.24, 2.45) is 0 Å². The highest BCUT2D eigenvalue weighted by Crippen LogP contribution is 2.16. The molecule has 0 heterocycles. The summed E-state index contributed by atoms with van der Waals surface area (Å²) in [6.45, 7) is 0. The molecule has 0 aromatic heterocycles. The lowest BCUT2D eigenvalue weighted by Crippen LogP contribution is -2.12. The second-order valence-electron chi connectivity index (χ2n) is 3.13. The summed E-state index contributed by atoms with van der Waals surface area (Å²) < 4.78 is 0. The van der Waals surface area contributed by atoms with Gasteiger partial charge >= 0.3 is 11.9 Å². The molecule has 0 aliphatic carbocycles. The SMILES string of the molecule is O=C(O)C=C(Nc1ccc([N+](=O)[O-])cc1)C(=O)O. The summed E-state index contributed by atoms with van der Waals surface area (Å²) in [5.41, 5.74) is -0.466. The molecule has 1 rings (SSSR count). The molecule has 1 aromatic carbocycles. The van der Waals surface area contributed by atoms with Gasteiger partial charge in [0.2, 0.25) is 0 Å². The second kappa shape index (κ2) is 5.43. The van der Waals surface area contributed by atoms with E-state index in [-0.39, 0.29) is 11.4 Å². The van der Waals surface area contributed by atoms with Crippen LogP contribution in [-0.2, 0) is 9.59 Å². The number of benzene rings is 1. The summed E-state index contributed by atoms with van der Waals surface area (Å²) in [5, 5.41) is 29.9. The van der Waals surface area contributed by atoms with Gasteiger partial charge in [-0.1, -0.05) is 0 Å². The van der Waals surface area contributed by atoms with Crippen LogP contribution in [0.5, 0.6) is 0 Å². The molecule has 0 radical (unpaired) electrons. The van der Waals surface area contributed by atoms with E-state index >= 15 is 0 Å². The van der Waals surface area contributed by atoms with Crippen molar-refractivity contribution >= 4 is 23.3 Å². The van der Waals surface area contributed by atoms with Crippen LogP contribution in [0.3, 0.4) is 0 Å². The average Bonchev–Trinajstić information content (AvgIpc) is 2.28. The Balaban J connectivity index is 2.92. The number of rotatable bonds is 5. The van der Waals surface area contributed by atoms with Crippen LogP contribution in [0, 0.1) is 10.1 Å². The lowest BCUT2D eigenvalue weighted by Gasteiger charge is -2.05. The van der Waals surface area contributed by atoms with Crippen molar-refractivity contribution in [2.45, 2.75) is 0 Å². The number of hydrogen-bond donors (Lipinski definition) is 3. The quantitative estimate of drug-likeness (QED) is 0.405. The molecule has 18 heavy (non-hydrogen) atoms. The summed E-state index contributed by atoms with van der Waals surface area (Å²) in [7, 11) is 0. The number of hydrogen-bond acceptors (Lipinski definition) is 5. The predicted molar refractivity (Wildman–Crippen MR) is 60.1 cm³/mol. The average molecular weight is 252 g/mol. The molecule has 3 N–H and O–H groups in total. The first-order chi connectivity index (χ1) is 8.40. The number of nitro groups is 1. The number of non-ortho nitro benzene ring substituents is 1. The van der Waals surface area contributed by atoms with E-state index in [1.54, 1.807) is 0 Å². The van der Waals surface area contributed by atoms with Crippen molar-refractivity contribution in [3.63, 3.8) is 0 Å². The Bertz CT molecular complexity index is 520. The maximum Gasteiger partial charge on any atom is 0.352 e. The number of nitro benzene ring substituents is 1. The molecule has 94 valence electrons. The van der Waals surface area contributed by atoms with Crippen LogP contribution in [-0.4, -0.2) is 27.1 Å². The molecule has 8 nitrogen and oxygen atoms in total. The van der Waals surface area contributed by atoms with Gasteiger partial charge < -0.3 is 15.5 Å². The summed E-state index contributed by atoms with van der Waals surface area (Å²) in [4.78, 5) is 30.9. The maximum absolute atomic E-state index is 10.7. The van der Waals surface area contributed by atoms with E-state index in [0.29, 0.717) is 6.08 Å². The zero-order valence-corrected chi connectivity index (χ0v) is 8.86. The first-order valence-electron chi connectivity index (χ1n) is 4.59. The highest BCUT2D eigenvalue weighted by molar-refractivity contribution is 5.97. The Labute approximate surface area is 100 Å².